The number of carbonyl (C=O) groups is 2. The number of benzene rings is 1. The number of amides is 1. The monoisotopic (exact) mass is 400 g/mol. The second-order valence-electron chi connectivity index (χ2n) is 8.57. The molecule has 156 valence electrons. The molecule has 1 aromatic carbocycles. The third-order valence-corrected chi connectivity index (χ3v) is 5.13. The Bertz CT molecular complexity index is 912. The number of primary amides is 1. The maximum absolute atomic E-state index is 13.5. The van der Waals surface area contributed by atoms with Gasteiger partial charge in [-0.3, -0.25) is 9.59 Å². The molecule has 29 heavy (non-hydrogen) atoms. The van der Waals surface area contributed by atoms with Crippen LogP contribution in [-0.2, 0) is 20.7 Å². The van der Waals surface area contributed by atoms with Crippen molar-refractivity contribution in [1.82, 2.24) is 4.57 Å². The predicted molar refractivity (Wildman–Crippen MR) is 108 cm³/mol. The Morgan fingerprint density at radius 1 is 1.17 bits per heavy atom. The second kappa shape index (κ2) is 7.65. The molecule has 1 aliphatic rings. The fourth-order valence-electron chi connectivity index (χ4n) is 3.50. The first kappa shape index (κ1) is 21.1. The van der Waals surface area contributed by atoms with Gasteiger partial charge in [0.05, 0.1) is 6.61 Å². The van der Waals surface area contributed by atoms with Gasteiger partial charge >= 0.3 is 0 Å². The fraction of sp³-hybridized carbons (Fsp3) is 0.455. The molecule has 1 aliphatic heterocycles. The van der Waals surface area contributed by atoms with Gasteiger partial charge in [0.1, 0.15) is 11.9 Å². The number of aromatic nitrogens is 1. The van der Waals surface area contributed by atoms with Crippen molar-refractivity contribution < 1.29 is 24.2 Å². The van der Waals surface area contributed by atoms with Crippen molar-refractivity contribution in [2.24, 2.45) is 11.1 Å². The van der Waals surface area contributed by atoms with Gasteiger partial charge in [0.2, 0.25) is 5.91 Å². The van der Waals surface area contributed by atoms with E-state index < -0.39 is 23.2 Å². The van der Waals surface area contributed by atoms with Crippen molar-refractivity contribution in [3.63, 3.8) is 0 Å². The number of phenols is 1. The van der Waals surface area contributed by atoms with E-state index >= 15 is 0 Å². The lowest BCUT2D eigenvalue weighted by atomic mass is 9.81. The minimum atomic E-state index is -0.858. The molecule has 1 aromatic heterocycles. The summed E-state index contributed by atoms with van der Waals surface area (Å²) in [6, 6.07) is 8.38. The summed E-state index contributed by atoms with van der Waals surface area (Å²) < 4.78 is 13.6. The molecule has 0 spiro atoms. The topological polar surface area (TPSA) is 104 Å². The summed E-state index contributed by atoms with van der Waals surface area (Å²) in [6.45, 7) is 7.84. The zero-order valence-corrected chi connectivity index (χ0v) is 17.3. The molecule has 0 bridgehead atoms. The summed E-state index contributed by atoms with van der Waals surface area (Å²) in [4.78, 5) is 24.9. The van der Waals surface area contributed by atoms with Crippen LogP contribution >= 0.6 is 0 Å². The number of carbonyl (C=O) groups excluding carboxylic acids is 2. The molecule has 2 aromatic rings. The van der Waals surface area contributed by atoms with Crippen molar-refractivity contribution in [2.45, 2.75) is 52.4 Å². The summed E-state index contributed by atoms with van der Waals surface area (Å²) >= 11 is 0. The zero-order chi connectivity index (χ0) is 21.4. The first-order valence-electron chi connectivity index (χ1n) is 9.64. The van der Waals surface area contributed by atoms with E-state index in [9.17, 15) is 14.7 Å². The number of rotatable bonds is 6. The average Bonchev–Trinajstić information content (AvgIpc) is 3.06. The lowest BCUT2D eigenvalue weighted by molar-refractivity contribution is -0.298. The Morgan fingerprint density at radius 2 is 1.83 bits per heavy atom. The molecular weight excluding hydrogens is 372 g/mol. The van der Waals surface area contributed by atoms with E-state index in [0.29, 0.717) is 24.3 Å². The molecule has 1 atom stereocenters. The van der Waals surface area contributed by atoms with Gasteiger partial charge in [-0.15, -0.1) is 0 Å². The van der Waals surface area contributed by atoms with Crippen LogP contribution in [0.25, 0.3) is 5.69 Å². The van der Waals surface area contributed by atoms with Gasteiger partial charge in [-0.1, -0.05) is 13.8 Å². The van der Waals surface area contributed by atoms with Crippen LogP contribution in [0.2, 0.25) is 0 Å². The van der Waals surface area contributed by atoms with Crippen LogP contribution in [0.1, 0.15) is 50.2 Å². The molecule has 1 unspecified atom stereocenters. The standard InChI is InChI=1S/C22H28N2O5/c1-21(2)13-28-22(3,4)29-20(21)19(27)16-11-12-24(17(16)9-10-18(23)26)14-5-7-15(25)8-6-14/h5-8,11-12,20,25H,9-10,13H2,1-4H3,(H2,23,26). The molecule has 0 aliphatic carbocycles. The number of hydrogen-bond donors (Lipinski definition) is 2. The minimum absolute atomic E-state index is 0.117. The van der Waals surface area contributed by atoms with Crippen LogP contribution in [0.15, 0.2) is 36.5 Å². The van der Waals surface area contributed by atoms with Crippen LogP contribution in [-0.4, -0.2) is 39.9 Å². The van der Waals surface area contributed by atoms with E-state index in [-0.39, 0.29) is 18.0 Å². The van der Waals surface area contributed by atoms with Crippen LogP contribution in [0.3, 0.4) is 0 Å². The van der Waals surface area contributed by atoms with E-state index in [1.807, 2.05) is 18.4 Å². The predicted octanol–water partition coefficient (Wildman–Crippen LogP) is 2.96. The van der Waals surface area contributed by atoms with E-state index in [2.05, 4.69) is 0 Å². The molecule has 2 heterocycles. The molecule has 7 heteroatoms. The van der Waals surface area contributed by atoms with Crippen molar-refractivity contribution >= 4 is 11.7 Å². The Morgan fingerprint density at radius 3 is 2.45 bits per heavy atom. The highest BCUT2D eigenvalue weighted by Gasteiger charge is 2.46. The number of ether oxygens (including phenoxy) is 2. The van der Waals surface area contributed by atoms with Crippen LogP contribution < -0.4 is 5.73 Å². The summed E-state index contributed by atoms with van der Waals surface area (Å²) in [7, 11) is 0. The smallest absolute Gasteiger partial charge is 0.217 e. The number of hydrogen-bond acceptors (Lipinski definition) is 5. The maximum Gasteiger partial charge on any atom is 0.217 e. The highest BCUT2D eigenvalue weighted by molar-refractivity contribution is 6.01. The Labute approximate surface area is 170 Å². The number of nitrogens with two attached hydrogens (primary N) is 1. The number of Topliss-reactive ketones (excluding diaryl/α,β-unsaturated/α-hetero) is 1. The van der Waals surface area contributed by atoms with Gasteiger partial charge in [0.15, 0.2) is 11.6 Å². The lowest BCUT2D eigenvalue weighted by Gasteiger charge is -2.45. The van der Waals surface area contributed by atoms with Crippen LogP contribution in [0, 0.1) is 5.41 Å². The average molecular weight is 400 g/mol. The number of ketones is 1. The zero-order valence-electron chi connectivity index (χ0n) is 17.3. The van der Waals surface area contributed by atoms with Gasteiger partial charge in [-0.25, -0.2) is 0 Å². The molecule has 0 radical (unpaired) electrons. The highest BCUT2D eigenvalue weighted by Crippen LogP contribution is 2.37. The van der Waals surface area contributed by atoms with Gasteiger partial charge in [-0.05, 0) is 50.6 Å². The number of phenolic OH excluding ortho intramolecular Hbond substituents is 1. The van der Waals surface area contributed by atoms with Crippen molar-refractivity contribution in [3.8, 4) is 11.4 Å². The molecule has 3 rings (SSSR count). The third kappa shape index (κ3) is 4.52. The maximum atomic E-state index is 13.5. The summed E-state index contributed by atoms with van der Waals surface area (Å²) in [5.41, 5.74) is 6.80. The minimum Gasteiger partial charge on any atom is -0.508 e. The van der Waals surface area contributed by atoms with E-state index in [1.54, 1.807) is 50.4 Å². The van der Waals surface area contributed by atoms with Gasteiger partial charge in [0.25, 0.3) is 0 Å². The fourth-order valence-corrected chi connectivity index (χ4v) is 3.50. The van der Waals surface area contributed by atoms with E-state index in [0.717, 1.165) is 5.69 Å². The van der Waals surface area contributed by atoms with Crippen LogP contribution in [0.5, 0.6) is 5.75 Å². The first-order chi connectivity index (χ1) is 13.5. The summed E-state index contributed by atoms with van der Waals surface area (Å²) in [5.74, 6) is -1.30. The molecule has 7 nitrogen and oxygen atoms in total. The van der Waals surface area contributed by atoms with Gasteiger partial charge in [-0.2, -0.15) is 0 Å². The second-order valence-corrected chi connectivity index (χ2v) is 8.57. The highest BCUT2D eigenvalue weighted by atomic mass is 16.7. The SMILES string of the molecule is CC1(C)OCC(C)(C)C(C(=O)c2ccn(-c3ccc(O)cc3)c2CCC(N)=O)O1. The molecule has 1 fully saturated rings. The van der Waals surface area contributed by atoms with Gasteiger partial charge < -0.3 is 24.9 Å². The molecule has 0 saturated carbocycles. The molecular formula is C22H28N2O5. The number of aromatic hydroxyl groups is 1. The number of nitrogens with zero attached hydrogens (tertiary/aromatic N) is 1. The van der Waals surface area contributed by atoms with Crippen molar-refractivity contribution in [3.05, 3.63) is 47.8 Å². The largest absolute Gasteiger partial charge is 0.508 e. The quantitative estimate of drug-likeness (QED) is 0.726. The van der Waals surface area contributed by atoms with E-state index in [4.69, 9.17) is 15.2 Å². The Balaban J connectivity index is 2.02. The van der Waals surface area contributed by atoms with Gasteiger partial charge in [0, 0.05) is 35.0 Å². The third-order valence-electron chi connectivity index (χ3n) is 5.13. The van der Waals surface area contributed by atoms with Crippen molar-refractivity contribution in [2.75, 3.05) is 6.61 Å². The van der Waals surface area contributed by atoms with Crippen LogP contribution in [0.4, 0.5) is 0 Å². The van der Waals surface area contributed by atoms with E-state index in [1.165, 1.54) is 0 Å². The first-order valence-corrected chi connectivity index (χ1v) is 9.64. The van der Waals surface area contributed by atoms with Crippen molar-refractivity contribution in [1.29, 1.82) is 0 Å². The molecule has 1 amide bonds. The summed E-state index contributed by atoms with van der Waals surface area (Å²) in [5, 5.41) is 9.57. The Hall–Kier alpha value is -2.64. The Kier molecular flexibility index (Phi) is 5.56. The summed E-state index contributed by atoms with van der Waals surface area (Å²) in [6.07, 6.45) is 1.53. The molecule has 1 saturated heterocycles. The lowest BCUT2D eigenvalue weighted by Crippen LogP contribution is -2.53. The normalized spacial score (nSPS) is 20.3. The molecule has 3 N–H and O–H groups in total.